The maximum Gasteiger partial charge on any atom is 2.00 e. The molecule has 0 amide bonds. The van der Waals surface area contributed by atoms with Gasteiger partial charge in [-0.1, -0.05) is 89.5 Å². The van der Waals surface area contributed by atoms with Crippen molar-refractivity contribution in [1.29, 1.82) is 0 Å². The molecule has 0 aromatic heterocycles. The van der Waals surface area contributed by atoms with Gasteiger partial charge in [-0.2, -0.15) is 0 Å². The van der Waals surface area contributed by atoms with Crippen LogP contribution in [0.3, 0.4) is 0 Å². The number of unbranched alkanes of at least 4 members (excludes halogenated alkanes) is 8. The molecule has 192 valence electrons. The van der Waals surface area contributed by atoms with E-state index in [9.17, 15) is 25.9 Å². The minimum Gasteiger partial charge on any atom is -0.744 e. The van der Waals surface area contributed by atoms with Gasteiger partial charge < -0.3 is 9.11 Å². The van der Waals surface area contributed by atoms with E-state index in [1.807, 2.05) is 0 Å². The number of rotatable bonds is 14. The first-order valence-electron chi connectivity index (χ1n) is 12.2. The van der Waals surface area contributed by atoms with Crippen LogP contribution in [0.1, 0.15) is 89.2 Å². The summed E-state index contributed by atoms with van der Waals surface area (Å²) in [5, 5.41) is 0. The van der Waals surface area contributed by atoms with E-state index in [2.05, 4.69) is 13.8 Å². The summed E-state index contributed by atoms with van der Waals surface area (Å²) < 4.78 is 64.3. The van der Waals surface area contributed by atoms with Gasteiger partial charge in [-0.3, -0.25) is 0 Å². The summed E-state index contributed by atoms with van der Waals surface area (Å²) in [6.45, 7) is 4.37. The van der Waals surface area contributed by atoms with Gasteiger partial charge in [0, 0.05) is 0 Å². The Morgan fingerprint density at radius 3 is 1.06 bits per heavy atom. The van der Waals surface area contributed by atoms with Crippen LogP contribution in [0.25, 0.3) is 0 Å². The van der Waals surface area contributed by atoms with Crippen molar-refractivity contribution in [2.24, 2.45) is 0 Å². The Hall–Kier alpha value is -0.974. The second-order valence-corrected chi connectivity index (χ2v) is 11.3. The van der Waals surface area contributed by atoms with E-state index >= 15 is 0 Å². The summed E-state index contributed by atoms with van der Waals surface area (Å²) in [6, 6.07) is 12.5. The first-order valence-corrected chi connectivity index (χ1v) is 15.0. The summed E-state index contributed by atoms with van der Waals surface area (Å²) in [5.41, 5.74) is 2.18. The largest absolute Gasteiger partial charge is 2.00 e. The van der Waals surface area contributed by atoms with Crippen LogP contribution in [0.4, 0.5) is 0 Å². The first kappa shape index (κ1) is 34.0. The Morgan fingerprint density at radius 1 is 0.514 bits per heavy atom. The molecule has 9 heteroatoms. The zero-order chi connectivity index (χ0) is 25.5. The topological polar surface area (TPSA) is 114 Å². The van der Waals surface area contributed by atoms with E-state index < -0.39 is 20.2 Å². The van der Waals surface area contributed by atoms with Crippen molar-refractivity contribution in [1.82, 2.24) is 0 Å². The van der Waals surface area contributed by atoms with Crippen molar-refractivity contribution in [2.75, 3.05) is 0 Å². The maximum absolute atomic E-state index is 10.7. The van der Waals surface area contributed by atoms with E-state index in [0.717, 1.165) is 36.8 Å². The predicted octanol–water partition coefficient (Wildman–Crippen LogP) is 5.83. The van der Waals surface area contributed by atoms with Gasteiger partial charge in [0.1, 0.15) is 20.2 Å². The fraction of sp³-hybridized carbons (Fsp3) is 0.538. The van der Waals surface area contributed by atoms with Crippen molar-refractivity contribution in [2.45, 2.75) is 101 Å². The maximum atomic E-state index is 10.7. The Bertz CT molecular complexity index is 933. The summed E-state index contributed by atoms with van der Waals surface area (Å²) in [6.07, 6.45) is 14.0. The van der Waals surface area contributed by atoms with Gasteiger partial charge in [0.25, 0.3) is 0 Å². The zero-order valence-corrected chi connectivity index (χ0v) is 24.1. The van der Waals surface area contributed by atoms with Crippen molar-refractivity contribution >= 4 is 43.3 Å². The third-order valence-electron chi connectivity index (χ3n) is 5.56. The van der Waals surface area contributed by atoms with Gasteiger partial charge in [-0.15, -0.1) is 0 Å². The molecule has 0 saturated heterocycles. The van der Waals surface area contributed by atoms with E-state index in [4.69, 9.17) is 0 Å². The van der Waals surface area contributed by atoms with Gasteiger partial charge in [-0.05, 0) is 61.1 Å². The Kier molecular flexibility index (Phi) is 17.8. The van der Waals surface area contributed by atoms with Crippen LogP contribution in [0.15, 0.2) is 58.3 Å². The number of aryl methyl sites for hydroxylation is 2. The molecule has 2 aromatic rings. The van der Waals surface area contributed by atoms with Crippen LogP contribution in [-0.4, -0.2) is 49.0 Å². The Morgan fingerprint density at radius 2 is 0.800 bits per heavy atom. The summed E-state index contributed by atoms with van der Waals surface area (Å²) in [7, 11) is -8.60. The van der Waals surface area contributed by atoms with Crippen LogP contribution in [0.5, 0.6) is 0 Å². The SMILES string of the molecule is CCCCCCCc1ccc(S(=O)(=O)[O-])cc1.CCCCCCCc1ccc(S(=O)(=O)[O-])cc1.[Mg+2]. The smallest absolute Gasteiger partial charge is 0.744 e. The molecule has 2 rings (SSSR count). The van der Waals surface area contributed by atoms with Crippen LogP contribution in [0.2, 0.25) is 0 Å². The van der Waals surface area contributed by atoms with Gasteiger partial charge in [0.15, 0.2) is 0 Å². The van der Waals surface area contributed by atoms with Gasteiger partial charge in [0.05, 0.1) is 9.79 Å². The van der Waals surface area contributed by atoms with E-state index in [1.54, 1.807) is 24.3 Å². The standard InChI is InChI=1S/2C13H20O3S.Mg/c2*1-2-3-4-5-6-7-12-8-10-13(11-9-12)17(14,15)16;/h2*8-11H,2-7H2,1H3,(H,14,15,16);/q;;+2/p-2. The van der Waals surface area contributed by atoms with Gasteiger partial charge in [0.2, 0.25) is 0 Å². The zero-order valence-electron chi connectivity index (χ0n) is 21.1. The molecule has 0 saturated carbocycles. The van der Waals surface area contributed by atoms with E-state index in [1.165, 1.54) is 75.6 Å². The molecule has 0 atom stereocenters. The minimum absolute atomic E-state index is 0. The number of hydrogen-bond acceptors (Lipinski definition) is 6. The summed E-state index contributed by atoms with van der Waals surface area (Å²) in [5.74, 6) is 0. The average molecular weight is 535 g/mol. The number of hydrogen-bond donors (Lipinski definition) is 0. The summed E-state index contributed by atoms with van der Waals surface area (Å²) in [4.78, 5) is -0.292. The molecule has 0 aliphatic rings. The molecule has 0 aliphatic heterocycles. The Balaban J connectivity index is 0.000000642. The summed E-state index contributed by atoms with van der Waals surface area (Å²) >= 11 is 0. The van der Waals surface area contributed by atoms with E-state index in [-0.39, 0.29) is 32.8 Å². The Labute approximate surface area is 228 Å². The fourth-order valence-corrected chi connectivity index (χ4v) is 4.45. The van der Waals surface area contributed by atoms with Crippen molar-refractivity contribution in [3.05, 3.63) is 59.7 Å². The molecule has 2 aromatic carbocycles. The number of benzene rings is 2. The average Bonchev–Trinajstić information content (AvgIpc) is 2.79. The second-order valence-electron chi connectivity index (χ2n) is 8.52. The molecule has 0 N–H and O–H groups in total. The fourth-order valence-electron chi connectivity index (χ4n) is 3.51. The van der Waals surface area contributed by atoms with Crippen LogP contribution in [0, 0.1) is 0 Å². The van der Waals surface area contributed by atoms with Crippen molar-refractivity contribution in [3.63, 3.8) is 0 Å². The van der Waals surface area contributed by atoms with Crippen LogP contribution < -0.4 is 0 Å². The van der Waals surface area contributed by atoms with Crippen LogP contribution in [-0.2, 0) is 33.1 Å². The van der Waals surface area contributed by atoms with Crippen molar-refractivity contribution in [3.8, 4) is 0 Å². The normalized spacial score (nSPS) is 11.3. The molecule has 0 bridgehead atoms. The molecule has 35 heavy (non-hydrogen) atoms. The minimum atomic E-state index is -4.30. The monoisotopic (exact) mass is 534 g/mol. The molecule has 0 aliphatic carbocycles. The van der Waals surface area contributed by atoms with Gasteiger partial charge >= 0.3 is 23.1 Å². The second kappa shape index (κ2) is 18.3. The quantitative estimate of drug-likeness (QED) is 0.171. The molecule has 0 heterocycles. The molecule has 0 spiro atoms. The molecule has 0 fully saturated rings. The third-order valence-corrected chi connectivity index (χ3v) is 7.26. The predicted molar refractivity (Wildman–Crippen MR) is 139 cm³/mol. The third kappa shape index (κ3) is 15.7. The molecular weight excluding hydrogens is 497 g/mol. The van der Waals surface area contributed by atoms with Crippen molar-refractivity contribution < 1.29 is 25.9 Å². The van der Waals surface area contributed by atoms with E-state index in [0.29, 0.717) is 0 Å². The van der Waals surface area contributed by atoms with Crippen LogP contribution >= 0.6 is 0 Å². The molecule has 0 unspecified atom stereocenters. The molecule has 6 nitrogen and oxygen atoms in total. The molecular formula is C26H38MgO6S2. The first-order chi connectivity index (χ1) is 16.1. The molecule has 0 radical (unpaired) electrons. The van der Waals surface area contributed by atoms with Gasteiger partial charge in [-0.25, -0.2) is 16.8 Å².